The van der Waals surface area contributed by atoms with Crippen LogP contribution >= 0.6 is 0 Å². The molecule has 2 N–H and O–H groups in total. The molecule has 3 heterocycles. The Morgan fingerprint density at radius 1 is 1.07 bits per heavy atom. The summed E-state index contributed by atoms with van der Waals surface area (Å²) in [6.07, 6.45) is 2.26. The van der Waals surface area contributed by atoms with Gasteiger partial charge in [0.1, 0.15) is 17.5 Å². The zero-order valence-corrected chi connectivity index (χ0v) is 25.8. The van der Waals surface area contributed by atoms with Gasteiger partial charge < -0.3 is 30.1 Å². The number of hydrogen-bond donors (Lipinski definition) is 2. The van der Waals surface area contributed by atoms with Gasteiger partial charge >= 0.3 is 0 Å². The summed E-state index contributed by atoms with van der Waals surface area (Å²) < 4.78 is 5.62. The molecule has 2 aliphatic rings. The number of amides is 2. The molecule has 0 aliphatic carbocycles. The number of benzene rings is 2. The number of fused-ring (bicyclic) bond motifs is 1. The molecule has 3 aromatic rings. The Balaban J connectivity index is 1.29. The van der Waals surface area contributed by atoms with Crippen molar-refractivity contribution in [3.8, 4) is 5.75 Å². The van der Waals surface area contributed by atoms with Crippen LogP contribution in [-0.2, 0) is 4.79 Å². The number of nitrogens with one attached hydrogen (secondary N) is 2. The molecule has 228 valence electrons. The summed E-state index contributed by atoms with van der Waals surface area (Å²) in [6, 6.07) is 12.8. The molecular formula is C31H41N9O3. The Hall–Kier alpha value is -4.42. The average molecular weight is 588 g/mol. The summed E-state index contributed by atoms with van der Waals surface area (Å²) in [5.41, 5.74) is 3.57. The molecule has 5 rings (SSSR count). The standard InChI is InChI=1S/C31H41N9O3/c1-7-25-30(42)37(5)26-20-32-31(35-28(26)40(25)36(3)4)34-24-14-9-21(19-27(24)43-6)29(41)33-22-10-12-23(13-11-22)39-17-15-38(8-2)16-18-39/h9-14,19-20,25H,7-8,15-18H2,1-6H3,(H,33,41)(H,32,34,35). The van der Waals surface area contributed by atoms with Crippen molar-refractivity contribution in [2.45, 2.75) is 26.3 Å². The van der Waals surface area contributed by atoms with Gasteiger partial charge in [0, 0.05) is 64.3 Å². The number of anilines is 6. The van der Waals surface area contributed by atoms with Crippen LogP contribution in [0.5, 0.6) is 5.75 Å². The van der Waals surface area contributed by atoms with E-state index in [0.29, 0.717) is 40.9 Å². The molecule has 0 spiro atoms. The van der Waals surface area contributed by atoms with E-state index in [0.717, 1.165) is 44.1 Å². The van der Waals surface area contributed by atoms with Gasteiger partial charge in [0.05, 0.1) is 19.0 Å². The van der Waals surface area contributed by atoms with E-state index in [2.05, 4.69) is 44.5 Å². The summed E-state index contributed by atoms with van der Waals surface area (Å²) >= 11 is 0. The minimum absolute atomic E-state index is 0.00930. The van der Waals surface area contributed by atoms with Gasteiger partial charge in [-0.1, -0.05) is 13.8 Å². The van der Waals surface area contributed by atoms with Crippen molar-refractivity contribution in [1.29, 1.82) is 0 Å². The van der Waals surface area contributed by atoms with Gasteiger partial charge in [-0.05, 0) is 55.4 Å². The fraction of sp³-hybridized carbons (Fsp3) is 0.419. The minimum atomic E-state index is -0.365. The van der Waals surface area contributed by atoms with Crippen LogP contribution in [0.2, 0.25) is 0 Å². The molecule has 2 aliphatic heterocycles. The van der Waals surface area contributed by atoms with Crippen molar-refractivity contribution < 1.29 is 14.3 Å². The lowest BCUT2D eigenvalue weighted by atomic mass is 10.1. The van der Waals surface area contributed by atoms with Crippen LogP contribution in [0.3, 0.4) is 0 Å². The lowest BCUT2D eigenvalue weighted by molar-refractivity contribution is -0.120. The molecule has 0 bridgehead atoms. The molecule has 2 amide bonds. The molecular weight excluding hydrogens is 546 g/mol. The molecule has 1 saturated heterocycles. The molecule has 43 heavy (non-hydrogen) atoms. The summed E-state index contributed by atoms with van der Waals surface area (Å²) in [7, 11) is 7.06. The number of hydrazine groups is 1. The van der Waals surface area contributed by atoms with Crippen molar-refractivity contribution in [2.75, 3.05) is 86.4 Å². The minimum Gasteiger partial charge on any atom is -0.495 e. The van der Waals surface area contributed by atoms with E-state index in [4.69, 9.17) is 9.72 Å². The Morgan fingerprint density at radius 3 is 2.42 bits per heavy atom. The van der Waals surface area contributed by atoms with Gasteiger partial charge in [-0.3, -0.25) is 14.6 Å². The number of rotatable bonds is 9. The highest BCUT2D eigenvalue weighted by atomic mass is 16.5. The van der Waals surface area contributed by atoms with Crippen LogP contribution in [0, 0.1) is 0 Å². The van der Waals surface area contributed by atoms with E-state index < -0.39 is 0 Å². The van der Waals surface area contributed by atoms with Crippen molar-refractivity contribution in [3.63, 3.8) is 0 Å². The lowest BCUT2D eigenvalue weighted by Gasteiger charge is -2.43. The molecule has 0 saturated carbocycles. The topological polar surface area (TPSA) is 109 Å². The van der Waals surface area contributed by atoms with Gasteiger partial charge in [0.25, 0.3) is 11.8 Å². The van der Waals surface area contributed by atoms with Crippen molar-refractivity contribution >= 4 is 46.3 Å². The zero-order valence-electron chi connectivity index (χ0n) is 25.8. The van der Waals surface area contributed by atoms with Gasteiger partial charge in [-0.25, -0.2) is 9.99 Å². The number of methoxy groups -OCH3 is 1. The highest BCUT2D eigenvalue weighted by molar-refractivity contribution is 6.05. The number of ether oxygens (including phenoxy) is 1. The first-order valence-electron chi connectivity index (χ1n) is 14.7. The number of hydrogen-bond acceptors (Lipinski definition) is 10. The van der Waals surface area contributed by atoms with Crippen LogP contribution in [-0.4, -0.2) is 98.7 Å². The Bertz CT molecular complexity index is 1460. The first-order chi connectivity index (χ1) is 20.7. The Labute approximate surface area is 253 Å². The van der Waals surface area contributed by atoms with Crippen LogP contribution in [0.4, 0.5) is 34.5 Å². The fourth-order valence-electron chi connectivity index (χ4n) is 5.58. The number of carbonyl (C=O) groups is 2. The van der Waals surface area contributed by atoms with Gasteiger partial charge in [0.2, 0.25) is 5.95 Å². The number of carbonyl (C=O) groups excluding carboxylic acids is 2. The number of nitrogens with zero attached hydrogens (tertiary/aromatic N) is 7. The van der Waals surface area contributed by atoms with Gasteiger partial charge in [-0.2, -0.15) is 4.98 Å². The van der Waals surface area contributed by atoms with Crippen LogP contribution in [0.15, 0.2) is 48.7 Å². The molecule has 0 radical (unpaired) electrons. The SMILES string of the molecule is CCC1C(=O)N(C)c2cnc(Nc3ccc(C(=O)Nc4ccc(N5CCN(CC)CC5)cc4)cc3OC)nc2N1N(C)C. The first-order valence-corrected chi connectivity index (χ1v) is 14.7. The molecule has 1 aromatic heterocycles. The summed E-state index contributed by atoms with van der Waals surface area (Å²) in [6.45, 7) is 9.38. The molecule has 12 heteroatoms. The highest BCUT2D eigenvalue weighted by Crippen LogP contribution is 2.36. The number of piperazine rings is 1. The van der Waals surface area contributed by atoms with E-state index in [1.807, 2.05) is 43.2 Å². The third-order valence-electron chi connectivity index (χ3n) is 8.08. The van der Waals surface area contributed by atoms with Crippen molar-refractivity contribution in [1.82, 2.24) is 19.9 Å². The van der Waals surface area contributed by atoms with Gasteiger partial charge in [0.15, 0.2) is 5.82 Å². The van der Waals surface area contributed by atoms with E-state index in [-0.39, 0.29) is 17.9 Å². The predicted octanol–water partition coefficient (Wildman–Crippen LogP) is 3.66. The molecule has 2 aromatic carbocycles. The van der Waals surface area contributed by atoms with Crippen LogP contribution < -0.4 is 30.2 Å². The quantitative estimate of drug-likeness (QED) is 0.385. The molecule has 1 atom stereocenters. The second-order valence-corrected chi connectivity index (χ2v) is 10.9. The van der Waals surface area contributed by atoms with E-state index in [1.54, 1.807) is 43.5 Å². The Kier molecular flexibility index (Phi) is 8.97. The zero-order chi connectivity index (χ0) is 30.7. The van der Waals surface area contributed by atoms with E-state index >= 15 is 0 Å². The number of likely N-dealkylation sites (N-methyl/N-ethyl adjacent to an activating group) is 2. The predicted molar refractivity (Wildman–Crippen MR) is 171 cm³/mol. The fourth-order valence-corrected chi connectivity index (χ4v) is 5.58. The first kappa shape index (κ1) is 30.1. The lowest BCUT2D eigenvalue weighted by Crippen LogP contribution is -2.57. The molecule has 12 nitrogen and oxygen atoms in total. The number of aromatic nitrogens is 2. The van der Waals surface area contributed by atoms with Crippen LogP contribution in [0.25, 0.3) is 0 Å². The largest absolute Gasteiger partial charge is 0.495 e. The Morgan fingerprint density at radius 2 is 1.79 bits per heavy atom. The third-order valence-corrected chi connectivity index (χ3v) is 8.08. The maximum Gasteiger partial charge on any atom is 0.255 e. The maximum absolute atomic E-state index is 13.1. The third kappa shape index (κ3) is 6.20. The van der Waals surface area contributed by atoms with Crippen molar-refractivity contribution in [3.05, 3.63) is 54.2 Å². The second-order valence-electron chi connectivity index (χ2n) is 10.9. The van der Waals surface area contributed by atoms with Crippen molar-refractivity contribution in [2.24, 2.45) is 0 Å². The summed E-state index contributed by atoms with van der Waals surface area (Å²) in [5, 5.41) is 9.95. The average Bonchev–Trinajstić information content (AvgIpc) is 3.03. The monoisotopic (exact) mass is 587 g/mol. The molecule has 1 unspecified atom stereocenters. The summed E-state index contributed by atoms with van der Waals surface area (Å²) in [4.78, 5) is 41.7. The van der Waals surface area contributed by atoms with Gasteiger partial charge in [-0.15, -0.1) is 0 Å². The van der Waals surface area contributed by atoms with E-state index in [1.165, 1.54) is 0 Å². The smallest absolute Gasteiger partial charge is 0.255 e. The normalized spacial score (nSPS) is 17.2. The molecule has 1 fully saturated rings. The highest BCUT2D eigenvalue weighted by Gasteiger charge is 2.38. The van der Waals surface area contributed by atoms with Crippen LogP contribution in [0.1, 0.15) is 30.6 Å². The summed E-state index contributed by atoms with van der Waals surface area (Å²) in [5.74, 6) is 1.19. The second kappa shape index (κ2) is 12.8. The maximum atomic E-state index is 13.1. The van der Waals surface area contributed by atoms with E-state index in [9.17, 15) is 9.59 Å².